The number of nitrogens with one attached hydrogen (secondary N) is 1. The lowest BCUT2D eigenvalue weighted by Gasteiger charge is -2.17. The molecule has 148 valence electrons. The second-order valence-corrected chi connectivity index (χ2v) is 9.30. The SMILES string of the molecule is Cc1cc(S(=O)(=O)N(C)C)cc(NCc2cc(=O)n3cc(Cl)ccc3n2)c1C. The van der Waals surface area contributed by atoms with Crippen molar-refractivity contribution >= 4 is 33.0 Å². The number of hydrogen-bond donors (Lipinski definition) is 1. The van der Waals surface area contributed by atoms with Gasteiger partial charge in [-0.2, -0.15) is 0 Å². The van der Waals surface area contributed by atoms with Crippen LogP contribution < -0.4 is 10.9 Å². The van der Waals surface area contributed by atoms with Crippen LogP contribution in [0.1, 0.15) is 16.8 Å². The van der Waals surface area contributed by atoms with Gasteiger partial charge in [-0.15, -0.1) is 0 Å². The molecule has 0 aliphatic rings. The quantitative estimate of drug-likeness (QED) is 0.686. The topological polar surface area (TPSA) is 83.8 Å². The molecule has 2 aromatic heterocycles. The van der Waals surface area contributed by atoms with Crippen LogP contribution in [0.4, 0.5) is 5.69 Å². The van der Waals surface area contributed by atoms with Crippen LogP contribution in [-0.4, -0.2) is 36.2 Å². The van der Waals surface area contributed by atoms with Gasteiger partial charge in [0.05, 0.1) is 22.2 Å². The van der Waals surface area contributed by atoms with Crippen LogP contribution in [-0.2, 0) is 16.6 Å². The van der Waals surface area contributed by atoms with E-state index >= 15 is 0 Å². The van der Waals surface area contributed by atoms with Crippen molar-refractivity contribution in [2.75, 3.05) is 19.4 Å². The Kier molecular flexibility index (Phi) is 5.47. The standard InChI is InChI=1S/C19H21ClN4O3S/c1-12-7-16(28(26,27)23(3)4)9-17(13(12)2)21-10-15-8-19(25)24-11-14(20)5-6-18(24)22-15/h5-9,11,21H,10H2,1-4H3. The summed E-state index contributed by atoms with van der Waals surface area (Å²) in [5.41, 5.74) is 3.27. The molecule has 2 heterocycles. The van der Waals surface area contributed by atoms with E-state index in [0.717, 1.165) is 11.1 Å². The Labute approximate surface area is 168 Å². The highest BCUT2D eigenvalue weighted by Crippen LogP contribution is 2.26. The molecule has 0 aliphatic carbocycles. The molecule has 0 aliphatic heterocycles. The van der Waals surface area contributed by atoms with Gasteiger partial charge < -0.3 is 5.32 Å². The number of nitrogens with zero attached hydrogens (tertiary/aromatic N) is 3. The lowest BCUT2D eigenvalue weighted by Crippen LogP contribution is -2.22. The van der Waals surface area contributed by atoms with Gasteiger partial charge in [0.2, 0.25) is 10.0 Å². The maximum absolute atomic E-state index is 12.5. The first-order chi connectivity index (χ1) is 13.1. The van der Waals surface area contributed by atoms with Crippen molar-refractivity contribution in [3.63, 3.8) is 0 Å². The van der Waals surface area contributed by atoms with Gasteiger partial charge in [-0.25, -0.2) is 17.7 Å². The molecule has 0 radical (unpaired) electrons. The number of rotatable bonds is 5. The van der Waals surface area contributed by atoms with Crippen LogP contribution in [0.2, 0.25) is 5.02 Å². The molecule has 3 rings (SSSR count). The van der Waals surface area contributed by atoms with Crippen molar-refractivity contribution in [2.24, 2.45) is 0 Å². The van der Waals surface area contributed by atoms with E-state index in [-0.39, 0.29) is 17.0 Å². The summed E-state index contributed by atoms with van der Waals surface area (Å²) >= 11 is 5.93. The molecule has 7 nitrogen and oxygen atoms in total. The van der Waals surface area contributed by atoms with Crippen LogP contribution in [0.15, 0.2) is 46.2 Å². The Morgan fingerprint density at radius 2 is 1.89 bits per heavy atom. The van der Waals surface area contributed by atoms with Gasteiger partial charge in [0.15, 0.2) is 0 Å². The molecule has 0 amide bonds. The number of aryl methyl sites for hydroxylation is 1. The predicted molar refractivity (Wildman–Crippen MR) is 111 cm³/mol. The number of pyridine rings is 1. The molecule has 9 heteroatoms. The van der Waals surface area contributed by atoms with Crippen LogP contribution in [0.3, 0.4) is 0 Å². The summed E-state index contributed by atoms with van der Waals surface area (Å²) < 4.78 is 27.5. The number of sulfonamides is 1. The Bertz CT molecular complexity index is 1220. The molecular weight excluding hydrogens is 400 g/mol. The number of fused-ring (bicyclic) bond motifs is 1. The number of aromatic nitrogens is 2. The average Bonchev–Trinajstić information content (AvgIpc) is 2.63. The van der Waals surface area contributed by atoms with Gasteiger partial charge in [-0.3, -0.25) is 9.20 Å². The first-order valence-corrected chi connectivity index (χ1v) is 10.4. The monoisotopic (exact) mass is 420 g/mol. The number of hydrogen-bond acceptors (Lipinski definition) is 5. The normalized spacial score (nSPS) is 11.9. The maximum Gasteiger partial charge on any atom is 0.258 e. The van der Waals surface area contributed by atoms with Gasteiger partial charge in [-0.1, -0.05) is 11.6 Å². The fraction of sp³-hybridized carbons (Fsp3) is 0.263. The zero-order valence-corrected chi connectivity index (χ0v) is 17.6. The zero-order chi connectivity index (χ0) is 20.6. The molecule has 0 saturated carbocycles. The Morgan fingerprint density at radius 3 is 2.57 bits per heavy atom. The largest absolute Gasteiger partial charge is 0.379 e. The van der Waals surface area contributed by atoms with Crippen LogP contribution >= 0.6 is 11.6 Å². The van der Waals surface area contributed by atoms with E-state index in [1.165, 1.54) is 35.1 Å². The molecule has 1 aromatic carbocycles. The second-order valence-electron chi connectivity index (χ2n) is 6.71. The molecule has 0 atom stereocenters. The smallest absolute Gasteiger partial charge is 0.258 e. The highest BCUT2D eigenvalue weighted by Gasteiger charge is 2.19. The molecule has 1 N–H and O–H groups in total. The van der Waals surface area contributed by atoms with Crippen LogP contribution in [0.5, 0.6) is 0 Å². The third-order valence-corrected chi connectivity index (χ3v) is 6.57. The van der Waals surface area contributed by atoms with E-state index in [9.17, 15) is 13.2 Å². The first-order valence-electron chi connectivity index (χ1n) is 8.55. The second kappa shape index (κ2) is 7.54. The lowest BCUT2D eigenvalue weighted by molar-refractivity contribution is 0.520. The minimum Gasteiger partial charge on any atom is -0.379 e. The number of benzene rings is 1. The maximum atomic E-state index is 12.5. The van der Waals surface area contributed by atoms with Crippen molar-refractivity contribution in [3.8, 4) is 0 Å². The summed E-state index contributed by atoms with van der Waals surface area (Å²) in [7, 11) is -0.557. The van der Waals surface area contributed by atoms with Crippen molar-refractivity contribution in [3.05, 3.63) is 68.7 Å². The Hall–Kier alpha value is -2.42. The molecule has 0 spiro atoms. The minimum absolute atomic E-state index is 0.212. The summed E-state index contributed by atoms with van der Waals surface area (Å²) in [5.74, 6) is 0. The molecule has 3 aromatic rings. The predicted octanol–water partition coefficient (Wildman–Crippen LogP) is 2.83. The summed E-state index contributed by atoms with van der Waals surface area (Å²) in [6.45, 7) is 4.05. The van der Waals surface area contributed by atoms with E-state index in [1.54, 1.807) is 24.3 Å². The van der Waals surface area contributed by atoms with Gasteiger partial charge in [0.25, 0.3) is 5.56 Å². The fourth-order valence-electron chi connectivity index (χ4n) is 2.77. The number of halogens is 1. The Morgan fingerprint density at radius 1 is 1.18 bits per heavy atom. The zero-order valence-electron chi connectivity index (χ0n) is 16.0. The van der Waals surface area contributed by atoms with Gasteiger partial charge >= 0.3 is 0 Å². The first kappa shape index (κ1) is 20.3. The third-order valence-electron chi connectivity index (χ3n) is 4.56. The van der Waals surface area contributed by atoms with Gasteiger partial charge in [0, 0.05) is 32.0 Å². The molecule has 0 fully saturated rings. The Balaban J connectivity index is 1.95. The molecule has 28 heavy (non-hydrogen) atoms. The molecule has 0 bridgehead atoms. The van der Waals surface area contributed by atoms with Gasteiger partial charge in [-0.05, 0) is 49.2 Å². The summed E-state index contributed by atoms with van der Waals surface area (Å²) in [6.07, 6.45) is 1.52. The highest BCUT2D eigenvalue weighted by atomic mass is 35.5. The van der Waals surface area contributed by atoms with Crippen molar-refractivity contribution in [2.45, 2.75) is 25.3 Å². The van der Waals surface area contributed by atoms with E-state index in [4.69, 9.17) is 11.6 Å². The van der Waals surface area contributed by atoms with Crippen LogP contribution in [0.25, 0.3) is 5.65 Å². The minimum atomic E-state index is -3.55. The lowest BCUT2D eigenvalue weighted by atomic mass is 10.1. The molecular formula is C19H21ClN4O3S. The summed E-state index contributed by atoms with van der Waals surface area (Å²) in [4.78, 5) is 17.0. The number of anilines is 1. The molecule has 0 saturated heterocycles. The van der Waals surface area contributed by atoms with Crippen molar-refractivity contribution in [1.82, 2.24) is 13.7 Å². The highest BCUT2D eigenvalue weighted by molar-refractivity contribution is 7.89. The van der Waals surface area contributed by atoms with Crippen molar-refractivity contribution < 1.29 is 8.42 Å². The van der Waals surface area contributed by atoms with E-state index in [0.29, 0.717) is 22.1 Å². The fourth-order valence-corrected chi connectivity index (χ4v) is 3.95. The van der Waals surface area contributed by atoms with E-state index in [1.807, 2.05) is 13.8 Å². The summed E-state index contributed by atoms with van der Waals surface area (Å²) in [5, 5.41) is 3.66. The van der Waals surface area contributed by atoms with Crippen LogP contribution in [0, 0.1) is 13.8 Å². The average molecular weight is 421 g/mol. The third kappa shape index (κ3) is 3.89. The van der Waals surface area contributed by atoms with E-state index < -0.39 is 10.0 Å². The molecule has 0 unspecified atom stereocenters. The summed E-state index contributed by atoms with van der Waals surface area (Å²) in [6, 6.07) is 8.03. The van der Waals surface area contributed by atoms with Crippen molar-refractivity contribution in [1.29, 1.82) is 0 Å². The van der Waals surface area contributed by atoms with Gasteiger partial charge in [0.1, 0.15) is 5.65 Å². The van der Waals surface area contributed by atoms with E-state index in [2.05, 4.69) is 10.3 Å².